The van der Waals surface area contributed by atoms with Gasteiger partial charge in [0.1, 0.15) is 0 Å². The molecule has 7 heteroatoms. The number of ketones is 1. The first-order valence-corrected chi connectivity index (χ1v) is 12.9. The molecule has 0 atom stereocenters. The third-order valence-corrected chi connectivity index (χ3v) is 6.13. The molecule has 3 rings (SSSR count). The van der Waals surface area contributed by atoms with Crippen LogP contribution in [0.1, 0.15) is 62.5 Å². The van der Waals surface area contributed by atoms with Crippen LogP contribution in [0.5, 0.6) is 23.0 Å². The van der Waals surface area contributed by atoms with Gasteiger partial charge in [0, 0.05) is 34.7 Å². The van der Waals surface area contributed by atoms with E-state index < -0.39 is 0 Å². The molecule has 0 radical (unpaired) electrons. The molecule has 7 nitrogen and oxygen atoms in total. The second-order valence-corrected chi connectivity index (χ2v) is 8.58. The van der Waals surface area contributed by atoms with E-state index in [9.17, 15) is 4.79 Å². The molecular formula is C30H42N2O5. The fourth-order valence-electron chi connectivity index (χ4n) is 4.26. The van der Waals surface area contributed by atoms with Crippen LogP contribution in [-0.4, -0.2) is 52.3 Å². The summed E-state index contributed by atoms with van der Waals surface area (Å²) in [5.41, 5.74) is 3.72. The van der Waals surface area contributed by atoms with Gasteiger partial charge in [-0.2, -0.15) is 0 Å². The molecule has 0 saturated heterocycles. The topological polar surface area (TPSA) is 78.9 Å². The number of nitrogens with zero attached hydrogens (tertiary/aromatic N) is 1. The van der Waals surface area contributed by atoms with Gasteiger partial charge in [-0.05, 0) is 50.2 Å². The minimum Gasteiger partial charge on any atom is -0.493 e. The highest BCUT2D eigenvalue weighted by Gasteiger charge is 2.23. The number of hydrogen-bond acceptors (Lipinski definition) is 7. The Balaban J connectivity index is 0.000000877. The lowest BCUT2D eigenvalue weighted by atomic mass is 9.90. The van der Waals surface area contributed by atoms with Crippen LogP contribution in [0, 0.1) is 6.92 Å². The minimum atomic E-state index is 0.0879. The number of pyridine rings is 1. The molecule has 37 heavy (non-hydrogen) atoms. The summed E-state index contributed by atoms with van der Waals surface area (Å²) < 4.78 is 22.0. The highest BCUT2D eigenvalue weighted by Crippen LogP contribution is 2.41. The average Bonchev–Trinajstić information content (AvgIpc) is 2.91. The summed E-state index contributed by atoms with van der Waals surface area (Å²) in [5, 5.41) is 3.93. The molecule has 202 valence electrons. The lowest BCUT2D eigenvalue weighted by Gasteiger charge is -2.18. The third kappa shape index (κ3) is 7.35. The number of nitrogens with one attached hydrogen (secondary N) is 1. The Hall–Kier alpha value is -3.32. The van der Waals surface area contributed by atoms with Crippen molar-refractivity contribution in [3.05, 3.63) is 41.6 Å². The van der Waals surface area contributed by atoms with Gasteiger partial charge in [-0.1, -0.05) is 39.7 Å². The molecule has 0 bridgehead atoms. The van der Waals surface area contributed by atoms with Crippen LogP contribution in [0.2, 0.25) is 0 Å². The monoisotopic (exact) mass is 510 g/mol. The molecule has 0 fully saturated rings. The molecule has 0 spiro atoms. The molecule has 0 aliphatic heterocycles. The quantitative estimate of drug-likeness (QED) is 0.217. The van der Waals surface area contributed by atoms with Crippen LogP contribution in [0.15, 0.2) is 30.3 Å². The molecular weight excluding hydrogens is 468 g/mol. The summed E-state index contributed by atoms with van der Waals surface area (Å²) in [6.07, 6.45) is 3.41. The molecule has 1 aromatic heterocycles. The van der Waals surface area contributed by atoms with Crippen molar-refractivity contribution >= 4 is 16.7 Å². The highest BCUT2D eigenvalue weighted by atomic mass is 16.5. The largest absolute Gasteiger partial charge is 0.493 e. The number of carbonyl (C=O) groups excluding carboxylic acids is 1. The van der Waals surface area contributed by atoms with E-state index in [1.807, 2.05) is 37.3 Å². The van der Waals surface area contributed by atoms with Crippen LogP contribution >= 0.6 is 0 Å². The third-order valence-electron chi connectivity index (χ3n) is 6.13. The van der Waals surface area contributed by atoms with E-state index in [1.54, 1.807) is 28.4 Å². The van der Waals surface area contributed by atoms with Crippen LogP contribution in [0.3, 0.4) is 0 Å². The van der Waals surface area contributed by atoms with Crippen molar-refractivity contribution in [2.75, 3.05) is 41.5 Å². The average molecular weight is 511 g/mol. The molecule has 3 aromatic rings. The summed E-state index contributed by atoms with van der Waals surface area (Å²) in [4.78, 5) is 18.1. The van der Waals surface area contributed by atoms with Crippen molar-refractivity contribution in [3.8, 4) is 34.1 Å². The summed E-state index contributed by atoms with van der Waals surface area (Å²) in [6, 6.07) is 9.41. The Morgan fingerprint density at radius 3 is 1.95 bits per heavy atom. The van der Waals surface area contributed by atoms with Crippen molar-refractivity contribution < 1.29 is 23.7 Å². The van der Waals surface area contributed by atoms with Gasteiger partial charge in [0.2, 0.25) is 0 Å². The number of Topliss-reactive ketones (excluding diaryl/α,β-unsaturated/α-hetero) is 1. The van der Waals surface area contributed by atoms with E-state index in [1.165, 1.54) is 0 Å². The Morgan fingerprint density at radius 2 is 1.41 bits per heavy atom. The predicted octanol–water partition coefficient (Wildman–Crippen LogP) is 6.62. The first kappa shape index (κ1) is 29.9. The van der Waals surface area contributed by atoms with E-state index in [4.69, 9.17) is 23.9 Å². The lowest BCUT2D eigenvalue weighted by molar-refractivity contribution is 0.0979. The van der Waals surface area contributed by atoms with E-state index in [0.29, 0.717) is 40.7 Å². The number of rotatable bonds is 12. The zero-order valence-electron chi connectivity index (χ0n) is 23.6. The van der Waals surface area contributed by atoms with Crippen molar-refractivity contribution in [2.45, 2.75) is 53.4 Å². The van der Waals surface area contributed by atoms with Crippen molar-refractivity contribution in [2.24, 2.45) is 0 Å². The number of methoxy groups -OCH3 is 4. The first-order valence-electron chi connectivity index (χ1n) is 12.9. The zero-order chi connectivity index (χ0) is 27.4. The van der Waals surface area contributed by atoms with Crippen molar-refractivity contribution in [1.29, 1.82) is 0 Å². The number of ether oxygens (including phenoxy) is 4. The van der Waals surface area contributed by atoms with Gasteiger partial charge < -0.3 is 24.3 Å². The first-order chi connectivity index (χ1) is 17.9. The normalized spacial score (nSPS) is 10.5. The Labute approximate surface area is 221 Å². The summed E-state index contributed by atoms with van der Waals surface area (Å²) in [6.45, 7) is 10.4. The van der Waals surface area contributed by atoms with E-state index in [-0.39, 0.29) is 5.78 Å². The Kier molecular flexibility index (Phi) is 12.2. The summed E-state index contributed by atoms with van der Waals surface area (Å²) in [7, 11) is 6.39. The summed E-state index contributed by atoms with van der Waals surface area (Å²) in [5.74, 6) is 2.48. The predicted molar refractivity (Wildman–Crippen MR) is 151 cm³/mol. The van der Waals surface area contributed by atoms with Gasteiger partial charge in [0.25, 0.3) is 0 Å². The fourth-order valence-corrected chi connectivity index (χ4v) is 4.26. The number of hydrogen-bond donors (Lipinski definition) is 1. The van der Waals surface area contributed by atoms with Gasteiger partial charge >= 0.3 is 0 Å². The minimum absolute atomic E-state index is 0.0879. The van der Waals surface area contributed by atoms with Crippen LogP contribution < -0.4 is 24.3 Å². The van der Waals surface area contributed by atoms with Crippen molar-refractivity contribution in [1.82, 2.24) is 10.3 Å². The van der Waals surface area contributed by atoms with Gasteiger partial charge in [-0.3, -0.25) is 9.78 Å². The fraction of sp³-hybridized carbons (Fsp3) is 0.467. The second kappa shape index (κ2) is 15.1. The number of fused-ring (bicyclic) bond motifs is 1. The summed E-state index contributed by atoms with van der Waals surface area (Å²) >= 11 is 0. The van der Waals surface area contributed by atoms with E-state index in [2.05, 4.69) is 26.1 Å². The molecule has 2 aromatic carbocycles. The van der Waals surface area contributed by atoms with Gasteiger partial charge in [-0.15, -0.1) is 0 Å². The SMILES string of the molecule is CCCCCC(=O)c1c(C)nc2cc(OC)c(OC)cc2c1-c1ccc(OC)c(OC)c1.CCNCC. The Bertz CT molecular complexity index is 1170. The molecule has 0 amide bonds. The van der Waals surface area contributed by atoms with Crippen LogP contribution in [-0.2, 0) is 0 Å². The maximum absolute atomic E-state index is 13.4. The van der Waals surface area contributed by atoms with Crippen LogP contribution in [0.4, 0.5) is 0 Å². The molecule has 1 N–H and O–H groups in total. The highest BCUT2D eigenvalue weighted by molar-refractivity contribution is 6.11. The number of aromatic nitrogens is 1. The van der Waals surface area contributed by atoms with Gasteiger partial charge in [0.15, 0.2) is 28.8 Å². The maximum atomic E-state index is 13.4. The van der Waals surface area contributed by atoms with Gasteiger partial charge in [-0.25, -0.2) is 0 Å². The second-order valence-electron chi connectivity index (χ2n) is 8.58. The lowest BCUT2D eigenvalue weighted by Crippen LogP contribution is -2.09. The smallest absolute Gasteiger partial charge is 0.165 e. The van der Waals surface area contributed by atoms with Crippen molar-refractivity contribution in [3.63, 3.8) is 0 Å². The number of carbonyl (C=O) groups is 1. The van der Waals surface area contributed by atoms with E-state index in [0.717, 1.165) is 54.4 Å². The number of benzene rings is 2. The van der Waals surface area contributed by atoms with E-state index >= 15 is 0 Å². The van der Waals surface area contributed by atoms with Gasteiger partial charge in [0.05, 0.1) is 34.0 Å². The molecule has 1 heterocycles. The van der Waals surface area contributed by atoms with Crippen LogP contribution in [0.25, 0.3) is 22.0 Å². The molecule has 0 saturated carbocycles. The molecule has 0 aliphatic rings. The Morgan fingerprint density at radius 1 is 0.811 bits per heavy atom. The number of unbranched alkanes of at least 4 members (excludes halogenated alkanes) is 2. The molecule has 0 unspecified atom stereocenters. The zero-order valence-corrected chi connectivity index (χ0v) is 23.6. The maximum Gasteiger partial charge on any atom is 0.165 e. The standard InChI is InChI=1S/C26H31NO5.C4H11N/c1-7-8-9-10-20(28)25-16(2)27-19-15-24(32-6)23(31-5)14-18(19)26(25)17-11-12-21(29-3)22(13-17)30-4;1-3-5-4-2/h11-15H,7-10H2,1-6H3;5H,3-4H2,1-2H3. The molecule has 0 aliphatic carbocycles. The number of aryl methyl sites for hydroxylation is 1.